The summed E-state index contributed by atoms with van der Waals surface area (Å²) in [4.78, 5) is 16.3. The van der Waals surface area contributed by atoms with Crippen LogP contribution < -0.4 is 10.9 Å². The van der Waals surface area contributed by atoms with E-state index in [1.54, 1.807) is 17.0 Å². The Morgan fingerprint density at radius 2 is 2.32 bits per heavy atom. The molecule has 1 fully saturated rings. The Balaban J connectivity index is 1.98. The monoisotopic (exact) mass is 265 g/mol. The molecule has 0 aliphatic heterocycles. The summed E-state index contributed by atoms with van der Waals surface area (Å²) in [7, 11) is 0. The van der Waals surface area contributed by atoms with Gasteiger partial charge in [-0.3, -0.25) is 4.79 Å². The van der Waals surface area contributed by atoms with Gasteiger partial charge in [0.05, 0.1) is 6.10 Å². The summed E-state index contributed by atoms with van der Waals surface area (Å²) in [5.74, 6) is 1.29. The van der Waals surface area contributed by atoms with E-state index in [-0.39, 0.29) is 11.7 Å². The summed E-state index contributed by atoms with van der Waals surface area (Å²) in [5.41, 5.74) is -0.0604. The third kappa shape index (κ3) is 3.80. The molecule has 0 saturated heterocycles. The first kappa shape index (κ1) is 14.1. The summed E-state index contributed by atoms with van der Waals surface area (Å²) in [6, 6.07) is 0. The van der Waals surface area contributed by atoms with Crippen LogP contribution in [0.1, 0.15) is 33.1 Å². The number of nitrogens with zero attached hydrogens (tertiary/aromatic N) is 2. The van der Waals surface area contributed by atoms with Crippen LogP contribution in [-0.4, -0.2) is 27.3 Å². The molecule has 1 heterocycles. The maximum absolute atomic E-state index is 12.2. The van der Waals surface area contributed by atoms with Crippen molar-refractivity contribution < 1.29 is 5.11 Å². The minimum Gasteiger partial charge on any atom is -0.393 e. The molecule has 2 N–H and O–H groups in total. The first-order chi connectivity index (χ1) is 9.06. The van der Waals surface area contributed by atoms with Crippen molar-refractivity contribution in [1.82, 2.24) is 9.55 Å². The van der Waals surface area contributed by atoms with Crippen LogP contribution in [-0.2, 0) is 6.54 Å². The fourth-order valence-corrected chi connectivity index (χ4v) is 2.58. The SMILES string of the molecule is CC(C)Cn1ccnc(NCC2CCC(O)C2)c1=O. The number of nitrogens with one attached hydrogen (secondary N) is 1. The highest BCUT2D eigenvalue weighted by Crippen LogP contribution is 2.25. The maximum Gasteiger partial charge on any atom is 0.293 e. The van der Waals surface area contributed by atoms with Gasteiger partial charge in [-0.2, -0.15) is 0 Å². The molecular weight excluding hydrogens is 242 g/mol. The Labute approximate surface area is 113 Å². The number of aromatic nitrogens is 2. The fraction of sp³-hybridized carbons (Fsp3) is 0.714. The smallest absolute Gasteiger partial charge is 0.293 e. The van der Waals surface area contributed by atoms with Crippen LogP contribution in [0.15, 0.2) is 17.2 Å². The average Bonchev–Trinajstić information content (AvgIpc) is 2.76. The van der Waals surface area contributed by atoms with Crippen LogP contribution in [0.2, 0.25) is 0 Å². The van der Waals surface area contributed by atoms with Gasteiger partial charge in [-0.15, -0.1) is 0 Å². The van der Waals surface area contributed by atoms with Gasteiger partial charge in [0, 0.05) is 25.5 Å². The summed E-state index contributed by atoms with van der Waals surface area (Å²) in [6.45, 7) is 5.59. The molecule has 2 rings (SSSR count). The van der Waals surface area contributed by atoms with Gasteiger partial charge in [-0.1, -0.05) is 13.8 Å². The van der Waals surface area contributed by atoms with Crippen LogP contribution in [0.4, 0.5) is 5.82 Å². The molecule has 1 aliphatic rings. The van der Waals surface area contributed by atoms with Crippen molar-refractivity contribution in [2.45, 2.75) is 45.8 Å². The Hall–Kier alpha value is -1.36. The maximum atomic E-state index is 12.2. The molecule has 1 saturated carbocycles. The molecule has 2 unspecified atom stereocenters. The largest absolute Gasteiger partial charge is 0.393 e. The van der Waals surface area contributed by atoms with Crippen LogP contribution in [0, 0.1) is 11.8 Å². The summed E-state index contributed by atoms with van der Waals surface area (Å²) in [6.07, 6.45) is 5.92. The summed E-state index contributed by atoms with van der Waals surface area (Å²) in [5, 5.41) is 12.6. The predicted octanol–water partition coefficient (Wildman–Crippen LogP) is 1.47. The summed E-state index contributed by atoms with van der Waals surface area (Å²) >= 11 is 0. The van der Waals surface area contributed by atoms with Gasteiger partial charge >= 0.3 is 0 Å². The van der Waals surface area contributed by atoms with E-state index in [1.165, 1.54) is 0 Å². The van der Waals surface area contributed by atoms with E-state index in [0.717, 1.165) is 19.3 Å². The normalized spacial score (nSPS) is 22.9. The van der Waals surface area contributed by atoms with E-state index < -0.39 is 0 Å². The number of rotatable bonds is 5. The third-order valence-electron chi connectivity index (χ3n) is 3.55. The fourth-order valence-electron chi connectivity index (χ4n) is 2.58. The van der Waals surface area contributed by atoms with E-state index in [9.17, 15) is 9.90 Å². The molecule has 0 bridgehead atoms. The lowest BCUT2D eigenvalue weighted by Gasteiger charge is -2.13. The van der Waals surface area contributed by atoms with Gasteiger partial charge in [0.1, 0.15) is 0 Å². The molecule has 0 aromatic carbocycles. The Bertz CT molecular complexity index is 470. The molecular formula is C14H23N3O2. The molecule has 0 amide bonds. The Morgan fingerprint density at radius 3 is 2.95 bits per heavy atom. The second-order valence-corrected chi connectivity index (χ2v) is 5.84. The standard InChI is InChI=1S/C14H23N3O2/c1-10(2)9-17-6-5-15-13(14(17)19)16-8-11-3-4-12(18)7-11/h5-6,10-12,18H,3-4,7-9H2,1-2H3,(H,15,16). The number of aliphatic hydroxyl groups is 1. The van der Waals surface area contributed by atoms with Crippen molar-refractivity contribution in [1.29, 1.82) is 0 Å². The molecule has 1 aromatic rings. The molecule has 19 heavy (non-hydrogen) atoms. The van der Waals surface area contributed by atoms with Crippen molar-refractivity contribution in [2.75, 3.05) is 11.9 Å². The van der Waals surface area contributed by atoms with Gasteiger partial charge in [-0.05, 0) is 31.1 Å². The zero-order valence-electron chi connectivity index (χ0n) is 11.7. The Kier molecular flexibility index (Phi) is 4.58. The average molecular weight is 265 g/mol. The van der Waals surface area contributed by atoms with Crippen LogP contribution in [0.5, 0.6) is 0 Å². The van der Waals surface area contributed by atoms with Gasteiger partial charge in [-0.25, -0.2) is 4.98 Å². The van der Waals surface area contributed by atoms with E-state index in [2.05, 4.69) is 24.1 Å². The molecule has 106 valence electrons. The molecule has 5 heteroatoms. The molecule has 2 atom stereocenters. The van der Waals surface area contributed by atoms with Crippen molar-refractivity contribution in [3.05, 3.63) is 22.7 Å². The highest BCUT2D eigenvalue weighted by molar-refractivity contribution is 5.30. The first-order valence-electron chi connectivity index (χ1n) is 7.03. The number of aliphatic hydroxyl groups excluding tert-OH is 1. The second kappa shape index (κ2) is 6.19. The molecule has 0 spiro atoms. The highest BCUT2D eigenvalue weighted by Gasteiger charge is 2.22. The third-order valence-corrected chi connectivity index (χ3v) is 3.55. The minimum atomic E-state index is -0.173. The lowest BCUT2D eigenvalue weighted by molar-refractivity contribution is 0.178. The zero-order valence-corrected chi connectivity index (χ0v) is 11.7. The van der Waals surface area contributed by atoms with Gasteiger partial charge in [0.2, 0.25) is 0 Å². The van der Waals surface area contributed by atoms with Crippen molar-refractivity contribution >= 4 is 5.82 Å². The number of hydrogen-bond acceptors (Lipinski definition) is 4. The summed E-state index contributed by atoms with van der Waals surface area (Å²) < 4.78 is 1.70. The number of hydrogen-bond donors (Lipinski definition) is 2. The van der Waals surface area contributed by atoms with E-state index in [1.807, 2.05) is 0 Å². The minimum absolute atomic E-state index is 0.0604. The van der Waals surface area contributed by atoms with E-state index in [0.29, 0.717) is 30.7 Å². The molecule has 5 nitrogen and oxygen atoms in total. The quantitative estimate of drug-likeness (QED) is 0.846. The van der Waals surface area contributed by atoms with E-state index >= 15 is 0 Å². The highest BCUT2D eigenvalue weighted by atomic mass is 16.3. The van der Waals surface area contributed by atoms with Gasteiger partial charge < -0.3 is 15.0 Å². The Morgan fingerprint density at radius 1 is 1.53 bits per heavy atom. The zero-order chi connectivity index (χ0) is 13.8. The number of anilines is 1. The second-order valence-electron chi connectivity index (χ2n) is 5.84. The van der Waals surface area contributed by atoms with Crippen molar-refractivity contribution in [2.24, 2.45) is 11.8 Å². The van der Waals surface area contributed by atoms with Crippen LogP contribution in [0.25, 0.3) is 0 Å². The molecule has 0 radical (unpaired) electrons. The topological polar surface area (TPSA) is 67.2 Å². The molecule has 1 aliphatic carbocycles. The van der Waals surface area contributed by atoms with Crippen LogP contribution >= 0.6 is 0 Å². The van der Waals surface area contributed by atoms with Crippen molar-refractivity contribution in [3.8, 4) is 0 Å². The van der Waals surface area contributed by atoms with Crippen molar-refractivity contribution in [3.63, 3.8) is 0 Å². The van der Waals surface area contributed by atoms with Gasteiger partial charge in [0.15, 0.2) is 5.82 Å². The molecule has 1 aromatic heterocycles. The first-order valence-corrected chi connectivity index (χ1v) is 7.03. The van der Waals surface area contributed by atoms with Crippen LogP contribution in [0.3, 0.4) is 0 Å². The lowest BCUT2D eigenvalue weighted by Crippen LogP contribution is -2.27. The lowest BCUT2D eigenvalue weighted by atomic mass is 10.1. The van der Waals surface area contributed by atoms with E-state index in [4.69, 9.17) is 0 Å². The van der Waals surface area contributed by atoms with Gasteiger partial charge in [0.25, 0.3) is 5.56 Å². The predicted molar refractivity (Wildman–Crippen MR) is 75.2 cm³/mol.